The number of ketones is 2. The van der Waals surface area contributed by atoms with Gasteiger partial charge in [0, 0.05) is 0 Å². The van der Waals surface area contributed by atoms with E-state index in [-0.39, 0.29) is 11.6 Å². The number of nitrogens with zero attached hydrogens (tertiary/aromatic N) is 1. The monoisotopic (exact) mass is 276 g/mol. The summed E-state index contributed by atoms with van der Waals surface area (Å²) < 4.78 is 0. The Kier molecular flexibility index (Phi) is 3.25. The number of nitrogen functional groups attached to an aromatic ring is 1. The van der Waals surface area contributed by atoms with Crippen LogP contribution in [0.4, 0.5) is 5.71 Å². The van der Waals surface area contributed by atoms with E-state index in [4.69, 9.17) is 5.73 Å². The van der Waals surface area contributed by atoms with Crippen molar-refractivity contribution >= 4 is 24.2 Å². The Morgan fingerprint density at radius 3 is 2.43 bits per heavy atom. The van der Waals surface area contributed by atoms with E-state index in [2.05, 4.69) is 4.98 Å². The van der Waals surface area contributed by atoms with E-state index in [1.165, 1.54) is 0 Å². The number of fused-ring (bicyclic) bond motifs is 1. The summed E-state index contributed by atoms with van der Waals surface area (Å²) in [4.78, 5) is 29.0. The number of allylic oxidation sites excluding steroid dienone is 2. The minimum absolute atomic E-state index is 0.0800. The van der Waals surface area contributed by atoms with Gasteiger partial charge in [-0.3, -0.25) is 0 Å². The van der Waals surface area contributed by atoms with Crippen molar-refractivity contribution in [1.29, 1.82) is 0 Å². The standard InChI is InChI=1S/C16H13BN2O2/c1-9-13(6-10-7-17-16(18)19-8-10)15(21)12-5-3-2-4-11(12)14(9)20/h2-5,7-8H,6H2,1H3,(H2,18,19). The number of hydrogen-bond donors (Lipinski definition) is 1. The van der Waals surface area contributed by atoms with E-state index < -0.39 is 0 Å². The molecule has 2 aromatic rings. The van der Waals surface area contributed by atoms with E-state index in [9.17, 15) is 9.59 Å². The van der Waals surface area contributed by atoms with Crippen LogP contribution in [0, 0.1) is 0 Å². The zero-order valence-electron chi connectivity index (χ0n) is 11.6. The molecule has 21 heavy (non-hydrogen) atoms. The molecule has 0 spiro atoms. The summed E-state index contributed by atoms with van der Waals surface area (Å²) in [5, 5.41) is 0. The van der Waals surface area contributed by atoms with Gasteiger partial charge in [0.1, 0.15) is 0 Å². The summed E-state index contributed by atoms with van der Waals surface area (Å²) in [7, 11) is 0. The number of rotatable bonds is 2. The van der Waals surface area contributed by atoms with Crippen LogP contribution in [-0.4, -0.2) is 23.5 Å². The molecule has 1 aliphatic carbocycles. The SMILES string of the molecule is CC1=C(Cc2cbc(N)nc2)C(=O)c2ccccc2C1=O. The van der Waals surface area contributed by atoms with Crippen LogP contribution in [0.1, 0.15) is 33.2 Å². The molecule has 0 atom stereocenters. The Hall–Kier alpha value is -2.56. The van der Waals surface area contributed by atoms with Crippen LogP contribution in [0.15, 0.2) is 47.6 Å². The third-order valence-corrected chi connectivity index (χ3v) is 3.71. The second-order valence-corrected chi connectivity index (χ2v) is 5.08. The molecule has 2 N–H and O–H groups in total. The number of carbonyl (C=O) groups is 2. The fraction of sp³-hybridized carbons (Fsp3) is 0.125. The summed E-state index contributed by atoms with van der Waals surface area (Å²) in [6.45, 7) is 3.39. The average Bonchev–Trinajstić information content (AvgIpc) is 2.51. The van der Waals surface area contributed by atoms with E-state index in [0.29, 0.717) is 34.4 Å². The van der Waals surface area contributed by atoms with E-state index >= 15 is 0 Å². The first-order valence-corrected chi connectivity index (χ1v) is 6.66. The topological polar surface area (TPSA) is 73.0 Å². The maximum absolute atomic E-state index is 12.6. The molecule has 0 unspecified atom stereocenters. The second kappa shape index (κ2) is 5.09. The van der Waals surface area contributed by atoms with Crippen LogP contribution in [0.25, 0.3) is 0 Å². The summed E-state index contributed by atoms with van der Waals surface area (Å²) in [6, 6.07) is 6.93. The molecule has 0 radical (unpaired) electrons. The van der Waals surface area contributed by atoms with Gasteiger partial charge in [-0.05, 0) is 0 Å². The molecule has 0 saturated carbocycles. The van der Waals surface area contributed by atoms with E-state index in [1.807, 2.05) is 5.96 Å². The first-order valence-electron chi connectivity index (χ1n) is 6.66. The Bertz CT molecular complexity index is 779. The van der Waals surface area contributed by atoms with Gasteiger partial charge in [0.15, 0.2) is 0 Å². The van der Waals surface area contributed by atoms with Crippen LogP contribution >= 0.6 is 0 Å². The maximum atomic E-state index is 12.6. The molecule has 3 rings (SSSR count). The summed E-state index contributed by atoms with van der Waals surface area (Å²) in [5.74, 6) is 1.66. The molecule has 0 saturated heterocycles. The molecule has 4 nitrogen and oxygen atoms in total. The molecule has 0 aliphatic heterocycles. The van der Waals surface area contributed by atoms with Gasteiger partial charge in [0.2, 0.25) is 0 Å². The van der Waals surface area contributed by atoms with E-state index in [1.54, 1.807) is 44.3 Å². The molecular formula is C16H13BN2O2. The zero-order chi connectivity index (χ0) is 15.0. The average molecular weight is 276 g/mol. The van der Waals surface area contributed by atoms with Gasteiger partial charge in [0.25, 0.3) is 0 Å². The Morgan fingerprint density at radius 2 is 1.81 bits per heavy atom. The van der Waals surface area contributed by atoms with E-state index in [0.717, 1.165) is 5.56 Å². The van der Waals surface area contributed by atoms with Gasteiger partial charge >= 0.3 is 122 Å². The number of Topliss-reactive ketones (excluding diaryl/α,β-unsaturated/α-hetero) is 2. The van der Waals surface area contributed by atoms with Gasteiger partial charge < -0.3 is 0 Å². The van der Waals surface area contributed by atoms with Gasteiger partial charge in [-0.25, -0.2) is 0 Å². The first-order chi connectivity index (χ1) is 10.1. The van der Waals surface area contributed by atoms with Crippen LogP contribution in [-0.2, 0) is 6.42 Å². The molecule has 1 aliphatic rings. The van der Waals surface area contributed by atoms with Crippen LogP contribution in [0.5, 0.6) is 0 Å². The summed E-state index contributed by atoms with van der Waals surface area (Å²) in [5.41, 5.74) is 8.85. The first kappa shape index (κ1) is 13.4. The predicted octanol–water partition coefficient (Wildman–Crippen LogP) is 1.94. The normalized spacial score (nSPS) is 14.1. The van der Waals surface area contributed by atoms with Crippen molar-refractivity contribution in [3.63, 3.8) is 0 Å². The molecule has 102 valence electrons. The molecule has 1 aromatic carbocycles. The number of nitrogens with two attached hydrogens (primary N) is 1. The number of benzene rings is 1. The van der Waals surface area contributed by atoms with Crippen molar-refractivity contribution in [2.75, 3.05) is 5.73 Å². The number of carbonyl (C=O) groups excluding carboxylic acids is 2. The molecule has 5 heteroatoms. The third-order valence-electron chi connectivity index (χ3n) is 3.71. The van der Waals surface area contributed by atoms with Gasteiger partial charge in [-0.2, -0.15) is 0 Å². The molecular weight excluding hydrogens is 263 g/mol. The van der Waals surface area contributed by atoms with Crippen molar-refractivity contribution in [3.05, 3.63) is 64.3 Å². The fourth-order valence-electron chi connectivity index (χ4n) is 2.51. The van der Waals surface area contributed by atoms with Crippen LogP contribution in [0.3, 0.4) is 0 Å². The number of anilines is 1. The Labute approximate surface area is 122 Å². The van der Waals surface area contributed by atoms with Crippen molar-refractivity contribution < 1.29 is 9.59 Å². The second-order valence-electron chi connectivity index (χ2n) is 5.08. The molecule has 0 fully saturated rings. The van der Waals surface area contributed by atoms with Crippen molar-refractivity contribution in [2.45, 2.75) is 13.3 Å². The van der Waals surface area contributed by atoms with Gasteiger partial charge in [0.05, 0.1) is 0 Å². The number of aromatic nitrogens is 1. The molecule has 0 amide bonds. The number of hydrogen-bond acceptors (Lipinski definition) is 4. The van der Waals surface area contributed by atoms with Crippen LogP contribution in [0.2, 0.25) is 0 Å². The summed E-state index contributed by atoms with van der Waals surface area (Å²) >= 11 is 0. The van der Waals surface area contributed by atoms with Crippen molar-refractivity contribution in [3.8, 4) is 0 Å². The van der Waals surface area contributed by atoms with Crippen molar-refractivity contribution in [1.82, 2.24) is 4.98 Å². The van der Waals surface area contributed by atoms with Crippen LogP contribution < -0.4 is 5.73 Å². The molecule has 0 bridgehead atoms. The quantitative estimate of drug-likeness (QED) is 0.909. The fourth-order valence-corrected chi connectivity index (χ4v) is 2.51. The third kappa shape index (κ3) is 2.31. The molecule has 1 aromatic heterocycles. The van der Waals surface area contributed by atoms with Crippen molar-refractivity contribution in [2.24, 2.45) is 0 Å². The summed E-state index contributed by atoms with van der Waals surface area (Å²) in [6.07, 6.45) is 2.02. The minimum atomic E-state index is -0.0838. The van der Waals surface area contributed by atoms with Gasteiger partial charge in [-0.1, -0.05) is 0 Å². The Morgan fingerprint density at radius 1 is 1.14 bits per heavy atom. The predicted molar refractivity (Wildman–Crippen MR) is 81.5 cm³/mol. The zero-order valence-corrected chi connectivity index (χ0v) is 11.6. The Balaban J connectivity index is 2.02. The molecule has 1 heterocycles. The van der Waals surface area contributed by atoms with Gasteiger partial charge in [-0.15, -0.1) is 0 Å².